The van der Waals surface area contributed by atoms with Crippen LogP contribution < -0.4 is 4.90 Å². The summed E-state index contributed by atoms with van der Waals surface area (Å²) in [4.78, 5) is 17.8. The van der Waals surface area contributed by atoms with Gasteiger partial charge in [-0.3, -0.25) is 4.79 Å². The van der Waals surface area contributed by atoms with Crippen LogP contribution in [0.3, 0.4) is 0 Å². The summed E-state index contributed by atoms with van der Waals surface area (Å²) in [7, 11) is 0. The molecule has 19 heavy (non-hydrogen) atoms. The zero-order valence-electron chi connectivity index (χ0n) is 10.7. The van der Waals surface area contributed by atoms with Crippen LogP contribution in [0.5, 0.6) is 0 Å². The molecule has 1 fully saturated rings. The molecule has 1 aromatic rings. The number of carbonyl (C=O) groups is 1. The lowest BCUT2D eigenvalue weighted by Crippen LogP contribution is -2.24. The highest BCUT2D eigenvalue weighted by Crippen LogP contribution is 2.34. The molecule has 0 amide bonds. The second-order valence-electron chi connectivity index (χ2n) is 5.12. The third-order valence-electron chi connectivity index (χ3n) is 3.89. The summed E-state index contributed by atoms with van der Waals surface area (Å²) >= 11 is 0. The fraction of sp³-hybridized carbons (Fsp3) is 0.615. The van der Waals surface area contributed by atoms with Gasteiger partial charge in [-0.2, -0.15) is 4.98 Å². The number of aromatic nitrogens is 2. The van der Waals surface area contributed by atoms with Crippen molar-refractivity contribution in [3.63, 3.8) is 0 Å². The van der Waals surface area contributed by atoms with Crippen molar-refractivity contribution in [1.82, 2.24) is 10.1 Å². The van der Waals surface area contributed by atoms with Crippen LogP contribution in [-0.2, 0) is 4.79 Å². The van der Waals surface area contributed by atoms with Gasteiger partial charge in [0.05, 0.1) is 11.8 Å². The van der Waals surface area contributed by atoms with E-state index >= 15 is 0 Å². The summed E-state index contributed by atoms with van der Waals surface area (Å²) in [5.74, 6) is -0.400. The van der Waals surface area contributed by atoms with E-state index in [0.717, 1.165) is 25.9 Å². The van der Waals surface area contributed by atoms with Crippen LogP contribution in [0.4, 0.5) is 5.95 Å². The molecule has 0 saturated carbocycles. The standard InChI is InChI=1S/C13H17N3O3/c17-12(18)10-6-2-1-5-9(10)11-14-13(15-19-11)16-7-3-4-8-16/h1-2,9-10H,3-8H2,(H,17,18)/t9-,10+/m1/s1. The maximum Gasteiger partial charge on any atom is 0.307 e. The van der Waals surface area contributed by atoms with Crippen molar-refractivity contribution >= 4 is 11.9 Å². The number of carboxylic acid groups (broad SMARTS) is 1. The third kappa shape index (κ3) is 2.34. The Morgan fingerprint density at radius 2 is 2.05 bits per heavy atom. The van der Waals surface area contributed by atoms with Gasteiger partial charge in [0.1, 0.15) is 0 Å². The summed E-state index contributed by atoms with van der Waals surface area (Å²) in [5.41, 5.74) is 0. The number of anilines is 1. The Hall–Kier alpha value is -1.85. The third-order valence-corrected chi connectivity index (χ3v) is 3.89. The molecule has 1 aliphatic heterocycles. The number of hydrogen-bond acceptors (Lipinski definition) is 5. The predicted molar refractivity (Wildman–Crippen MR) is 68.0 cm³/mol. The lowest BCUT2D eigenvalue weighted by molar-refractivity contribution is -0.142. The summed E-state index contributed by atoms with van der Waals surface area (Å²) in [6.07, 6.45) is 7.37. The first-order chi connectivity index (χ1) is 9.25. The minimum atomic E-state index is -0.796. The molecule has 2 aliphatic rings. The van der Waals surface area contributed by atoms with Crippen molar-refractivity contribution in [1.29, 1.82) is 0 Å². The average Bonchev–Trinajstić information content (AvgIpc) is 3.09. The molecule has 1 aliphatic carbocycles. The van der Waals surface area contributed by atoms with Crippen molar-refractivity contribution in [3.05, 3.63) is 18.0 Å². The SMILES string of the molecule is O=C(O)[C@H]1CC=CC[C@H]1c1nc(N2CCCC2)no1. The molecule has 1 N–H and O–H groups in total. The number of aliphatic carboxylic acids is 1. The van der Waals surface area contributed by atoms with Gasteiger partial charge in [0, 0.05) is 13.1 Å². The van der Waals surface area contributed by atoms with Gasteiger partial charge >= 0.3 is 5.97 Å². The normalized spacial score (nSPS) is 26.8. The predicted octanol–water partition coefficient (Wildman–Crippen LogP) is 1.80. The van der Waals surface area contributed by atoms with Crippen molar-refractivity contribution in [3.8, 4) is 0 Å². The largest absolute Gasteiger partial charge is 0.481 e. The van der Waals surface area contributed by atoms with Gasteiger partial charge in [0.2, 0.25) is 5.89 Å². The molecule has 0 radical (unpaired) electrons. The molecule has 3 rings (SSSR count). The highest BCUT2D eigenvalue weighted by Gasteiger charge is 2.34. The van der Waals surface area contributed by atoms with Crippen molar-refractivity contribution < 1.29 is 14.4 Å². The molecule has 6 heteroatoms. The first kappa shape index (κ1) is 12.2. The number of nitrogens with zero attached hydrogens (tertiary/aromatic N) is 3. The number of hydrogen-bond donors (Lipinski definition) is 1. The summed E-state index contributed by atoms with van der Waals surface area (Å²) < 4.78 is 5.30. The van der Waals surface area contributed by atoms with E-state index in [1.54, 1.807) is 0 Å². The van der Waals surface area contributed by atoms with Crippen LogP contribution in [0.1, 0.15) is 37.5 Å². The minimum absolute atomic E-state index is 0.202. The van der Waals surface area contributed by atoms with Crippen LogP contribution in [0.2, 0.25) is 0 Å². The Bertz CT molecular complexity index is 491. The zero-order chi connectivity index (χ0) is 13.2. The van der Waals surface area contributed by atoms with E-state index in [9.17, 15) is 9.90 Å². The van der Waals surface area contributed by atoms with Crippen LogP contribution in [-0.4, -0.2) is 34.3 Å². The van der Waals surface area contributed by atoms with E-state index in [0.29, 0.717) is 24.7 Å². The zero-order valence-corrected chi connectivity index (χ0v) is 10.7. The molecular weight excluding hydrogens is 246 g/mol. The number of allylic oxidation sites excluding steroid dienone is 2. The Morgan fingerprint density at radius 1 is 1.32 bits per heavy atom. The van der Waals surface area contributed by atoms with E-state index in [1.165, 1.54) is 0 Å². The lowest BCUT2D eigenvalue weighted by atomic mass is 9.83. The maximum absolute atomic E-state index is 11.3. The Kier molecular flexibility index (Phi) is 3.23. The molecular formula is C13H17N3O3. The van der Waals surface area contributed by atoms with Crippen LogP contribution >= 0.6 is 0 Å². The molecule has 1 aromatic heterocycles. The molecule has 102 valence electrons. The first-order valence-corrected chi connectivity index (χ1v) is 6.72. The second kappa shape index (κ2) is 5.03. The van der Waals surface area contributed by atoms with Crippen LogP contribution in [0, 0.1) is 5.92 Å². The molecule has 0 spiro atoms. The molecule has 0 aromatic carbocycles. The Labute approximate surface area is 111 Å². The highest BCUT2D eigenvalue weighted by atomic mass is 16.5. The molecule has 1 saturated heterocycles. The van der Waals surface area contributed by atoms with Gasteiger partial charge in [-0.05, 0) is 30.8 Å². The van der Waals surface area contributed by atoms with E-state index in [2.05, 4.69) is 15.0 Å². The molecule has 0 bridgehead atoms. The van der Waals surface area contributed by atoms with Gasteiger partial charge < -0.3 is 14.5 Å². The fourth-order valence-electron chi connectivity index (χ4n) is 2.78. The van der Waals surface area contributed by atoms with Gasteiger partial charge in [-0.25, -0.2) is 0 Å². The van der Waals surface area contributed by atoms with Crippen molar-refractivity contribution in [2.45, 2.75) is 31.6 Å². The molecule has 6 nitrogen and oxygen atoms in total. The number of carboxylic acids is 1. The van der Waals surface area contributed by atoms with Gasteiger partial charge in [0.15, 0.2) is 0 Å². The average molecular weight is 263 g/mol. The summed E-state index contributed by atoms with van der Waals surface area (Å²) in [6.45, 7) is 1.90. The van der Waals surface area contributed by atoms with Crippen molar-refractivity contribution in [2.75, 3.05) is 18.0 Å². The van der Waals surface area contributed by atoms with E-state index in [4.69, 9.17) is 4.52 Å². The monoisotopic (exact) mass is 263 g/mol. The van der Waals surface area contributed by atoms with E-state index in [-0.39, 0.29) is 5.92 Å². The molecule has 2 heterocycles. The second-order valence-corrected chi connectivity index (χ2v) is 5.12. The van der Waals surface area contributed by atoms with Crippen LogP contribution in [0.25, 0.3) is 0 Å². The van der Waals surface area contributed by atoms with E-state index < -0.39 is 11.9 Å². The quantitative estimate of drug-likeness (QED) is 0.838. The first-order valence-electron chi connectivity index (χ1n) is 6.72. The minimum Gasteiger partial charge on any atom is -0.481 e. The maximum atomic E-state index is 11.3. The van der Waals surface area contributed by atoms with Crippen molar-refractivity contribution in [2.24, 2.45) is 5.92 Å². The van der Waals surface area contributed by atoms with Gasteiger partial charge in [-0.1, -0.05) is 12.2 Å². The van der Waals surface area contributed by atoms with Crippen LogP contribution in [0.15, 0.2) is 16.7 Å². The topological polar surface area (TPSA) is 79.5 Å². The fourth-order valence-corrected chi connectivity index (χ4v) is 2.78. The smallest absolute Gasteiger partial charge is 0.307 e. The van der Waals surface area contributed by atoms with Gasteiger partial charge in [0.25, 0.3) is 5.95 Å². The Balaban J connectivity index is 1.80. The summed E-state index contributed by atoms with van der Waals surface area (Å²) in [5, 5.41) is 13.2. The molecule has 2 atom stereocenters. The lowest BCUT2D eigenvalue weighted by Gasteiger charge is -2.21. The highest BCUT2D eigenvalue weighted by molar-refractivity contribution is 5.71. The van der Waals surface area contributed by atoms with Gasteiger partial charge in [-0.15, -0.1) is 0 Å². The Morgan fingerprint density at radius 3 is 2.79 bits per heavy atom. The molecule has 0 unspecified atom stereocenters. The number of rotatable bonds is 3. The van der Waals surface area contributed by atoms with E-state index in [1.807, 2.05) is 12.2 Å². The summed E-state index contributed by atoms with van der Waals surface area (Å²) in [6, 6.07) is 0.